The summed E-state index contributed by atoms with van der Waals surface area (Å²) in [5.41, 5.74) is 0. The van der Waals surface area contributed by atoms with Crippen molar-refractivity contribution in [3.63, 3.8) is 0 Å². The maximum Gasteiger partial charge on any atom is 0.203 e. The van der Waals surface area contributed by atoms with Crippen molar-refractivity contribution in [2.24, 2.45) is 0 Å². The molecule has 4 nitrogen and oxygen atoms in total. The minimum atomic E-state index is 0.368. The van der Waals surface area contributed by atoms with Crippen LogP contribution < -0.4 is 5.32 Å². The van der Waals surface area contributed by atoms with Gasteiger partial charge in [0.05, 0.1) is 6.54 Å². The van der Waals surface area contributed by atoms with Gasteiger partial charge >= 0.3 is 0 Å². The van der Waals surface area contributed by atoms with E-state index < -0.39 is 0 Å². The molecule has 0 saturated carbocycles. The monoisotopic (exact) mass is 207 g/mol. The first-order chi connectivity index (χ1) is 7.13. The van der Waals surface area contributed by atoms with Crippen molar-refractivity contribution >= 4 is 0 Å². The first-order valence-electron chi connectivity index (χ1n) is 4.99. The highest BCUT2D eigenvalue weighted by atomic mass is 16.3. The molecule has 1 N–H and O–H groups in total. The van der Waals surface area contributed by atoms with Crippen LogP contribution in [0.4, 0.5) is 0 Å². The van der Waals surface area contributed by atoms with Gasteiger partial charge in [-0.3, -0.25) is 0 Å². The van der Waals surface area contributed by atoms with Gasteiger partial charge in [-0.25, -0.2) is 0 Å². The zero-order chi connectivity index (χ0) is 11.3. The summed E-state index contributed by atoms with van der Waals surface area (Å²) >= 11 is 0. The molecule has 15 heavy (non-hydrogen) atoms. The average molecular weight is 207 g/mol. The molecule has 4 heteroatoms. The maximum absolute atomic E-state index is 8.57. The van der Waals surface area contributed by atoms with Crippen LogP contribution in [0.5, 0.6) is 0 Å². The van der Waals surface area contributed by atoms with Crippen LogP contribution in [-0.2, 0) is 6.54 Å². The molecule has 82 valence electrons. The van der Waals surface area contributed by atoms with Crippen molar-refractivity contribution in [2.75, 3.05) is 20.6 Å². The summed E-state index contributed by atoms with van der Waals surface area (Å²) in [5, 5.41) is 11.8. The van der Waals surface area contributed by atoms with Gasteiger partial charge < -0.3 is 14.6 Å². The second-order valence-electron chi connectivity index (χ2n) is 3.82. The van der Waals surface area contributed by atoms with E-state index in [0.717, 1.165) is 12.3 Å². The van der Waals surface area contributed by atoms with E-state index in [1.54, 1.807) is 6.07 Å². The minimum Gasteiger partial charge on any atom is -0.449 e. The molecule has 0 spiro atoms. The van der Waals surface area contributed by atoms with Crippen LogP contribution in [0.3, 0.4) is 0 Å². The average Bonchev–Trinajstić information content (AvgIpc) is 2.65. The summed E-state index contributed by atoms with van der Waals surface area (Å²) in [6.45, 7) is 3.71. The fourth-order valence-corrected chi connectivity index (χ4v) is 1.12. The van der Waals surface area contributed by atoms with Crippen molar-refractivity contribution in [2.45, 2.75) is 19.5 Å². The Morgan fingerprint density at radius 3 is 2.80 bits per heavy atom. The molecular formula is C11H17N3O. The van der Waals surface area contributed by atoms with Gasteiger partial charge in [0.15, 0.2) is 0 Å². The van der Waals surface area contributed by atoms with Gasteiger partial charge in [0.25, 0.3) is 0 Å². The molecule has 0 radical (unpaired) electrons. The normalized spacial score (nSPS) is 12.7. The van der Waals surface area contributed by atoms with E-state index in [9.17, 15) is 0 Å². The Bertz CT molecular complexity index is 338. The molecule has 1 heterocycles. The van der Waals surface area contributed by atoms with Crippen LogP contribution in [0.25, 0.3) is 0 Å². The van der Waals surface area contributed by atoms with E-state index in [0.29, 0.717) is 18.3 Å². The Balaban J connectivity index is 2.29. The van der Waals surface area contributed by atoms with E-state index >= 15 is 0 Å². The van der Waals surface area contributed by atoms with Crippen molar-refractivity contribution in [3.8, 4) is 6.07 Å². The SMILES string of the molecule is CC(CNCc1ccc(C#N)o1)N(C)C. The van der Waals surface area contributed by atoms with Crippen LogP contribution >= 0.6 is 0 Å². The Morgan fingerprint density at radius 1 is 1.53 bits per heavy atom. The predicted molar refractivity (Wildman–Crippen MR) is 58.3 cm³/mol. The lowest BCUT2D eigenvalue weighted by Gasteiger charge is -2.19. The number of likely N-dealkylation sites (N-methyl/N-ethyl adjacent to an activating group) is 1. The highest BCUT2D eigenvalue weighted by molar-refractivity contribution is 5.18. The smallest absolute Gasteiger partial charge is 0.203 e. The molecule has 1 aromatic rings. The third kappa shape index (κ3) is 3.74. The Kier molecular flexibility index (Phi) is 4.35. The molecule has 0 amide bonds. The molecule has 0 fully saturated rings. The quantitative estimate of drug-likeness (QED) is 0.788. The molecule has 0 aromatic carbocycles. The summed E-state index contributed by atoms with van der Waals surface area (Å²) in [6, 6.07) is 5.96. The fraction of sp³-hybridized carbons (Fsp3) is 0.545. The third-order valence-corrected chi connectivity index (χ3v) is 2.39. The van der Waals surface area contributed by atoms with Gasteiger partial charge in [-0.15, -0.1) is 0 Å². The Labute approximate surface area is 90.5 Å². The standard InChI is InChI=1S/C11H17N3O/c1-9(14(2)3)7-13-8-11-5-4-10(6-12)15-11/h4-5,9,13H,7-8H2,1-3H3. The lowest BCUT2D eigenvalue weighted by atomic mass is 10.3. The summed E-state index contributed by atoms with van der Waals surface area (Å²) in [4.78, 5) is 2.15. The van der Waals surface area contributed by atoms with Gasteiger partial charge in [-0.2, -0.15) is 5.26 Å². The molecule has 1 aromatic heterocycles. The first-order valence-corrected chi connectivity index (χ1v) is 4.99. The second-order valence-corrected chi connectivity index (χ2v) is 3.82. The first kappa shape index (κ1) is 11.8. The maximum atomic E-state index is 8.57. The number of furan rings is 1. The molecule has 0 aliphatic rings. The number of nitriles is 1. The highest BCUT2D eigenvalue weighted by Gasteiger charge is 2.04. The second kappa shape index (κ2) is 5.54. The molecule has 1 unspecified atom stereocenters. The zero-order valence-corrected chi connectivity index (χ0v) is 9.45. The van der Waals surface area contributed by atoms with Crippen LogP contribution in [0.2, 0.25) is 0 Å². The van der Waals surface area contributed by atoms with Crippen LogP contribution in [0.1, 0.15) is 18.4 Å². The van der Waals surface area contributed by atoms with E-state index in [1.807, 2.05) is 26.2 Å². The number of hydrogen-bond acceptors (Lipinski definition) is 4. The molecule has 0 bridgehead atoms. The summed E-state index contributed by atoms with van der Waals surface area (Å²) in [6.07, 6.45) is 0. The van der Waals surface area contributed by atoms with E-state index in [2.05, 4.69) is 17.1 Å². The third-order valence-electron chi connectivity index (χ3n) is 2.39. The predicted octanol–water partition coefficient (Wildman–Crippen LogP) is 1.19. The summed E-state index contributed by atoms with van der Waals surface area (Å²) < 4.78 is 5.24. The minimum absolute atomic E-state index is 0.368. The van der Waals surface area contributed by atoms with E-state index in [-0.39, 0.29) is 0 Å². The lowest BCUT2D eigenvalue weighted by molar-refractivity contribution is 0.299. The Morgan fingerprint density at radius 2 is 2.27 bits per heavy atom. The van der Waals surface area contributed by atoms with Crippen molar-refractivity contribution in [1.29, 1.82) is 5.26 Å². The molecule has 0 aliphatic carbocycles. The topological polar surface area (TPSA) is 52.2 Å². The largest absolute Gasteiger partial charge is 0.449 e. The van der Waals surface area contributed by atoms with E-state index in [4.69, 9.17) is 9.68 Å². The molecule has 0 aliphatic heterocycles. The number of nitrogens with one attached hydrogen (secondary N) is 1. The summed E-state index contributed by atoms with van der Waals surface area (Å²) in [5.74, 6) is 1.17. The number of hydrogen-bond donors (Lipinski definition) is 1. The van der Waals surface area contributed by atoms with Crippen LogP contribution in [-0.4, -0.2) is 31.6 Å². The molecule has 1 rings (SSSR count). The van der Waals surface area contributed by atoms with Gasteiger partial charge in [-0.1, -0.05) is 0 Å². The zero-order valence-electron chi connectivity index (χ0n) is 9.45. The van der Waals surface area contributed by atoms with Crippen molar-refractivity contribution in [1.82, 2.24) is 10.2 Å². The highest BCUT2D eigenvalue weighted by Crippen LogP contribution is 2.05. The summed E-state index contributed by atoms with van der Waals surface area (Å²) in [7, 11) is 4.10. The number of rotatable bonds is 5. The van der Waals surface area contributed by atoms with Crippen LogP contribution in [0, 0.1) is 11.3 Å². The fourth-order valence-electron chi connectivity index (χ4n) is 1.12. The molecule has 0 saturated heterocycles. The van der Waals surface area contributed by atoms with E-state index in [1.165, 1.54) is 0 Å². The Hall–Kier alpha value is -1.31. The van der Waals surface area contributed by atoms with Crippen molar-refractivity contribution in [3.05, 3.63) is 23.7 Å². The molecular weight excluding hydrogens is 190 g/mol. The van der Waals surface area contributed by atoms with Crippen LogP contribution in [0.15, 0.2) is 16.5 Å². The van der Waals surface area contributed by atoms with Crippen molar-refractivity contribution < 1.29 is 4.42 Å². The van der Waals surface area contributed by atoms with Gasteiger partial charge in [0.1, 0.15) is 11.8 Å². The van der Waals surface area contributed by atoms with Gasteiger partial charge in [-0.05, 0) is 33.2 Å². The van der Waals surface area contributed by atoms with Gasteiger partial charge in [0, 0.05) is 12.6 Å². The number of nitrogens with zero attached hydrogens (tertiary/aromatic N) is 2. The molecule has 1 atom stereocenters. The van der Waals surface area contributed by atoms with Gasteiger partial charge in [0.2, 0.25) is 5.76 Å². The lowest BCUT2D eigenvalue weighted by Crippen LogP contribution is -2.35.